The summed E-state index contributed by atoms with van der Waals surface area (Å²) < 4.78 is 12.1. The van der Waals surface area contributed by atoms with Gasteiger partial charge in [-0.15, -0.1) is 0 Å². The number of hydrazine groups is 1. The van der Waals surface area contributed by atoms with Crippen LogP contribution in [0.1, 0.15) is 118 Å². The number of hydrogen-bond donors (Lipinski definition) is 5. The molecule has 9 amide bonds. The normalized spacial score (nSPS) is 17.8. The molecule has 21 nitrogen and oxygen atoms in total. The number of aromatic amines is 1. The Balaban J connectivity index is 1.34. The lowest BCUT2D eigenvalue weighted by Gasteiger charge is -2.41. The van der Waals surface area contributed by atoms with Crippen molar-refractivity contribution in [2.24, 2.45) is 29.4 Å². The van der Waals surface area contributed by atoms with Gasteiger partial charge >= 0.3 is 0 Å². The fourth-order valence-electron chi connectivity index (χ4n) is 10.8. The SMILES string of the molecule is CC[C@H](C)[C@@H]([C@@H](CC(=O)N1CCC[C@H]1[C@H](OC)[C@@H](C)C(=O)N[C@@H](Cc1c[nH]c2ccccc12)C(N)=O)OC)N(C)C(=O)[C@@H](NC(=O)[C@H](C(C)C)N(C)CCCC(=O)N(C)NC(=O)CCCCCN1C(=O)C=CC1=O)C(C)C. The van der Waals surface area contributed by atoms with Crippen LogP contribution in [0.2, 0.25) is 0 Å². The van der Waals surface area contributed by atoms with Crippen molar-refractivity contribution >= 4 is 64.1 Å². The molecule has 77 heavy (non-hydrogen) atoms. The molecule has 1 saturated heterocycles. The number of primary amides is 1. The van der Waals surface area contributed by atoms with Gasteiger partial charge in [-0.3, -0.25) is 63.4 Å². The highest BCUT2D eigenvalue weighted by atomic mass is 16.5. The fourth-order valence-corrected chi connectivity index (χ4v) is 10.8. The summed E-state index contributed by atoms with van der Waals surface area (Å²) >= 11 is 0. The third-order valence-corrected chi connectivity index (χ3v) is 15.4. The molecule has 2 aliphatic rings. The smallest absolute Gasteiger partial charge is 0.253 e. The molecule has 9 atom stereocenters. The van der Waals surface area contributed by atoms with Crippen LogP contribution in [0.3, 0.4) is 0 Å². The third-order valence-electron chi connectivity index (χ3n) is 15.4. The van der Waals surface area contributed by atoms with Crippen LogP contribution in [0.4, 0.5) is 0 Å². The number of carbonyl (C=O) groups excluding carboxylic acids is 9. The number of hydrogen-bond acceptors (Lipinski definition) is 12. The van der Waals surface area contributed by atoms with Crippen LogP contribution in [0.15, 0.2) is 42.6 Å². The summed E-state index contributed by atoms with van der Waals surface area (Å²) in [6, 6.07) is 4.06. The van der Waals surface area contributed by atoms with Gasteiger partial charge in [-0.2, -0.15) is 0 Å². The first-order chi connectivity index (χ1) is 36.5. The van der Waals surface area contributed by atoms with Crippen molar-refractivity contribution in [3.63, 3.8) is 0 Å². The number of nitrogens with one attached hydrogen (secondary N) is 4. The first-order valence-electron chi connectivity index (χ1n) is 27.3. The van der Waals surface area contributed by atoms with Crippen LogP contribution in [-0.4, -0.2) is 180 Å². The average Bonchev–Trinajstić information content (AvgIpc) is 4.12. The van der Waals surface area contributed by atoms with Crippen LogP contribution in [-0.2, 0) is 59.0 Å². The highest BCUT2D eigenvalue weighted by Gasteiger charge is 2.44. The van der Waals surface area contributed by atoms with E-state index in [9.17, 15) is 43.2 Å². The molecule has 1 fully saturated rings. The quantitative estimate of drug-likeness (QED) is 0.0413. The van der Waals surface area contributed by atoms with Gasteiger partial charge in [-0.1, -0.05) is 79.5 Å². The Bertz CT molecular complexity index is 2370. The molecular formula is C56H88N10O11. The zero-order valence-corrected chi connectivity index (χ0v) is 47.6. The molecule has 0 unspecified atom stereocenters. The highest BCUT2D eigenvalue weighted by molar-refractivity contribution is 6.12. The minimum atomic E-state index is -0.986. The summed E-state index contributed by atoms with van der Waals surface area (Å²) in [6.07, 6.45) is 7.23. The van der Waals surface area contributed by atoms with E-state index in [1.807, 2.05) is 70.7 Å². The van der Waals surface area contributed by atoms with Gasteiger partial charge in [-0.05, 0) is 75.1 Å². The number of likely N-dealkylation sites (tertiary alicyclic amines) is 1. The van der Waals surface area contributed by atoms with Crippen molar-refractivity contribution in [3.8, 4) is 0 Å². The molecule has 2 aliphatic heterocycles. The third kappa shape index (κ3) is 17.2. The van der Waals surface area contributed by atoms with E-state index >= 15 is 0 Å². The highest BCUT2D eigenvalue weighted by Crippen LogP contribution is 2.30. The van der Waals surface area contributed by atoms with Crippen LogP contribution < -0.4 is 21.8 Å². The summed E-state index contributed by atoms with van der Waals surface area (Å²) in [6.45, 7) is 14.4. The number of H-pyrrole nitrogens is 1. The predicted octanol–water partition coefficient (Wildman–Crippen LogP) is 3.45. The number of amides is 9. The van der Waals surface area contributed by atoms with Gasteiger partial charge in [0.2, 0.25) is 41.4 Å². The van der Waals surface area contributed by atoms with Crippen molar-refractivity contribution in [2.45, 2.75) is 162 Å². The first-order valence-corrected chi connectivity index (χ1v) is 27.3. The van der Waals surface area contributed by atoms with Crippen molar-refractivity contribution in [3.05, 3.63) is 48.2 Å². The Hall–Kier alpha value is -6.19. The van der Waals surface area contributed by atoms with Gasteiger partial charge in [-0.25, -0.2) is 0 Å². The maximum Gasteiger partial charge on any atom is 0.253 e. The Morgan fingerprint density at radius 2 is 1.52 bits per heavy atom. The Labute approximate surface area is 455 Å². The van der Waals surface area contributed by atoms with Gasteiger partial charge in [0.1, 0.15) is 12.1 Å². The van der Waals surface area contributed by atoms with Crippen LogP contribution in [0.25, 0.3) is 10.9 Å². The number of ether oxygens (including phenoxy) is 2. The number of benzene rings is 1. The zero-order valence-electron chi connectivity index (χ0n) is 47.6. The van der Waals surface area contributed by atoms with Crippen molar-refractivity contribution in [1.29, 1.82) is 0 Å². The summed E-state index contributed by atoms with van der Waals surface area (Å²) in [5.74, 6) is -4.70. The number of carbonyl (C=O) groups is 9. The number of unbranched alkanes of at least 4 members (excludes halogenated alkanes) is 2. The lowest BCUT2D eigenvalue weighted by molar-refractivity contribution is -0.148. The van der Waals surface area contributed by atoms with Crippen LogP contribution in [0, 0.1) is 23.7 Å². The van der Waals surface area contributed by atoms with E-state index in [0.717, 1.165) is 26.4 Å². The van der Waals surface area contributed by atoms with Crippen molar-refractivity contribution in [1.82, 2.24) is 45.7 Å². The van der Waals surface area contributed by atoms with Gasteiger partial charge in [0.25, 0.3) is 11.8 Å². The van der Waals surface area contributed by atoms with Crippen molar-refractivity contribution < 1.29 is 52.6 Å². The number of nitrogens with two attached hydrogens (primary N) is 1. The van der Waals surface area contributed by atoms with Gasteiger partial charge in [0.15, 0.2) is 0 Å². The second-order valence-electron chi connectivity index (χ2n) is 21.6. The molecule has 428 valence electrons. The zero-order chi connectivity index (χ0) is 57.3. The number of aromatic nitrogens is 1. The molecule has 3 heterocycles. The average molecular weight is 1080 g/mol. The molecule has 0 radical (unpaired) electrons. The molecule has 4 rings (SSSR count). The van der Waals surface area contributed by atoms with E-state index in [2.05, 4.69) is 21.0 Å². The number of imide groups is 1. The van der Waals surface area contributed by atoms with Crippen molar-refractivity contribution in [2.75, 3.05) is 55.0 Å². The molecule has 0 spiro atoms. The lowest BCUT2D eigenvalue weighted by Crippen LogP contribution is -2.60. The minimum Gasteiger partial charge on any atom is -0.379 e. The summed E-state index contributed by atoms with van der Waals surface area (Å²) in [5.41, 5.74) is 10.1. The molecule has 0 aliphatic carbocycles. The molecule has 0 saturated carbocycles. The van der Waals surface area contributed by atoms with E-state index in [4.69, 9.17) is 15.2 Å². The summed E-state index contributed by atoms with van der Waals surface area (Å²) in [4.78, 5) is 129. The molecule has 1 aromatic heterocycles. The molecule has 6 N–H and O–H groups in total. The number of methoxy groups -OCH3 is 2. The Kier molecular flexibility index (Phi) is 24.8. The van der Waals surface area contributed by atoms with E-state index in [-0.39, 0.29) is 91.3 Å². The Morgan fingerprint density at radius 1 is 0.844 bits per heavy atom. The number of fused-ring (bicyclic) bond motifs is 1. The molecule has 21 heteroatoms. The van der Waals surface area contributed by atoms with E-state index in [0.29, 0.717) is 58.0 Å². The largest absolute Gasteiger partial charge is 0.379 e. The van der Waals surface area contributed by atoms with Gasteiger partial charge in [0.05, 0.1) is 42.7 Å². The van der Waals surface area contributed by atoms with E-state index in [1.54, 1.807) is 37.0 Å². The first kappa shape index (κ1) is 63.3. The van der Waals surface area contributed by atoms with Crippen LogP contribution >= 0.6 is 0 Å². The van der Waals surface area contributed by atoms with Crippen LogP contribution in [0.5, 0.6) is 0 Å². The molecule has 0 bridgehead atoms. The lowest BCUT2D eigenvalue weighted by atomic mass is 9.89. The maximum absolute atomic E-state index is 14.7. The monoisotopic (exact) mass is 1080 g/mol. The van der Waals surface area contributed by atoms with Gasteiger partial charge in [0, 0.05) is 89.9 Å². The second kappa shape index (κ2) is 30.1. The standard InChI is InChI=1S/C56H88N10O11/c1-13-36(6)51(43(76-11)32-48(71)65-30-19-23-42(65)52(77-12)37(7)54(73)59-41(53(57)72)31-38-33-58-40-22-17-16-21-39(38)40)63(9)56(75)49(34(2)3)60-55(74)50(35(4)5)62(8)28-20-25-45(68)64(10)61-44(67)24-15-14-18-29-66-46(69)26-27-47(66)70/h16-17,21-22,26-27,33-37,41-43,49-52,58H,13-15,18-20,23-25,28-32H2,1-12H3,(H2,57,72)(H,59,73)(H,60,74)(H,61,67)/t36-,37+,41-,42-,43+,49-,50-,51-,52+/m0/s1. The van der Waals surface area contributed by atoms with E-state index < -0.39 is 60.1 Å². The molecular weight excluding hydrogens is 989 g/mol. The molecule has 2 aromatic rings. The number of nitrogens with zero attached hydrogens (tertiary/aromatic N) is 5. The Morgan fingerprint density at radius 3 is 2.13 bits per heavy atom. The summed E-state index contributed by atoms with van der Waals surface area (Å²) in [7, 11) is 7.98. The second-order valence-corrected chi connectivity index (χ2v) is 21.6. The van der Waals surface area contributed by atoms with Gasteiger partial charge < -0.3 is 40.6 Å². The number of rotatable bonds is 31. The topological polar surface area (TPSA) is 266 Å². The maximum atomic E-state index is 14.7. The summed E-state index contributed by atoms with van der Waals surface area (Å²) in [5, 5.41) is 7.99. The van der Waals surface area contributed by atoms with E-state index in [1.165, 1.54) is 33.4 Å². The molecule has 1 aromatic carbocycles. The number of para-hydroxylation sites is 1. The minimum absolute atomic E-state index is 0.0678. The fraction of sp³-hybridized carbons (Fsp3) is 0.661. The number of likely N-dealkylation sites (N-methyl/N-ethyl adjacent to an activating group) is 2. The predicted molar refractivity (Wildman–Crippen MR) is 292 cm³/mol.